The Hall–Kier alpha value is -5.30. The van der Waals surface area contributed by atoms with Crippen molar-refractivity contribution >= 4 is 0 Å². The van der Waals surface area contributed by atoms with E-state index in [1.165, 1.54) is 37.7 Å². The van der Waals surface area contributed by atoms with E-state index in [1.54, 1.807) is 50.6 Å². The Bertz CT molecular complexity index is 2750. The first-order valence-electron chi connectivity index (χ1n) is 34.3. The van der Waals surface area contributed by atoms with Crippen molar-refractivity contribution in [3.05, 3.63) is 149 Å². The average Bonchev–Trinajstić information content (AvgIpc) is 1.16. The molecule has 0 bridgehead atoms. The second-order valence-electron chi connectivity index (χ2n) is 27.3. The molecular weight excluding hydrogens is 1140 g/mol. The second kappa shape index (κ2) is 37.0. The summed E-state index contributed by atoms with van der Waals surface area (Å²) in [5.41, 5.74) is 14.2. The van der Waals surface area contributed by atoms with Crippen LogP contribution in [0.3, 0.4) is 0 Å². The number of aromatic hydroxyl groups is 3. The van der Waals surface area contributed by atoms with E-state index in [0.29, 0.717) is 13.1 Å². The van der Waals surface area contributed by atoms with Gasteiger partial charge < -0.3 is 77.3 Å². The van der Waals surface area contributed by atoms with Crippen molar-refractivity contribution in [2.75, 3.05) is 75.1 Å². The molecule has 5 saturated carbocycles. The number of hydrogen-bond acceptors (Lipinski definition) is 15. The Morgan fingerprint density at radius 3 is 0.780 bits per heavy atom. The smallest absolute Gasteiger partial charge is 0.118 e. The molecule has 5 fully saturated rings. The zero-order chi connectivity index (χ0) is 65.9. The van der Waals surface area contributed by atoms with Gasteiger partial charge in [-0.05, 0) is 181 Å². The van der Waals surface area contributed by atoms with E-state index >= 15 is 0 Å². The lowest BCUT2D eigenvalue weighted by Gasteiger charge is -2.40. The molecule has 5 aliphatic carbocycles. The number of benzene rings is 5. The first-order valence-corrected chi connectivity index (χ1v) is 34.3. The van der Waals surface area contributed by atoms with E-state index in [0.717, 1.165) is 182 Å². The standard InChI is InChI=1S/2C16H25NO2.2C15H23NO2.C14H21NO2/c1-17-12-15(16(18)10-4-3-5-11-16)13-6-8-14(19-2)9-7-13;1-17(2)12-15(13-6-8-14(18)9-7-13)16(19)10-4-3-5-11-16;1-18-13-7-5-12(6-8-13)14(11-16)15(17)9-3-2-4-10-15;1-16-11-14(12-5-7-13(17)8-6-12)15(18)9-3-2-4-10-15;15-10-13(11-4-6-12(16)7-5-11)14(17)8-2-1-3-9-14/h6-9,15,17-18H,3-5,10-12H2,1-2H3;6-9,15,18-19H,3-5,10-12H2,1-2H3;5-8,14,17H,2-4,9-11,16H2,1H3;5-8,14,16-18H,2-4,9-11H2,1H3;4-7,13,16-17H,1-3,8-10,15H2/t2*15-;2*14-;13-/m00000/s1. The fraction of sp³-hybridized carbons (Fsp3) is 0.605. The maximum Gasteiger partial charge on any atom is 0.118 e. The summed E-state index contributed by atoms with van der Waals surface area (Å²) in [6.07, 6.45) is 25.9. The lowest BCUT2D eigenvalue weighted by atomic mass is 9.72. The van der Waals surface area contributed by atoms with Gasteiger partial charge in [-0.1, -0.05) is 157 Å². The van der Waals surface area contributed by atoms with Crippen molar-refractivity contribution in [2.24, 2.45) is 11.5 Å². The Labute approximate surface area is 546 Å². The Morgan fingerprint density at radius 1 is 0.352 bits per heavy atom. The van der Waals surface area contributed by atoms with Gasteiger partial charge in [0.05, 0.1) is 42.2 Å². The van der Waals surface area contributed by atoms with Crippen molar-refractivity contribution < 1.29 is 50.3 Å². The summed E-state index contributed by atoms with van der Waals surface area (Å²) < 4.78 is 10.4. The normalized spacial score (nSPS) is 20.5. The van der Waals surface area contributed by atoms with Gasteiger partial charge in [-0.2, -0.15) is 0 Å². The summed E-state index contributed by atoms with van der Waals surface area (Å²) in [6, 6.07) is 37.6. The predicted octanol–water partition coefficient (Wildman–Crippen LogP) is 12.4. The number of methoxy groups -OCH3 is 2. The maximum absolute atomic E-state index is 11.0. The predicted molar refractivity (Wildman–Crippen MR) is 369 cm³/mol. The van der Waals surface area contributed by atoms with E-state index in [4.69, 9.17) is 20.9 Å². The number of nitrogens with one attached hydrogen (secondary N) is 2. The molecular formula is C76H117N5O10. The summed E-state index contributed by atoms with van der Waals surface area (Å²) in [5.74, 6) is 2.89. The van der Waals surface area contributed by atoms with E-state index in [-0.39, 0.29) is 46.8 Å². The number of hydrogen-bond donors (Lipinski definition) is 12. The van der Waals surface area contributed by atoms with Gasteiger partial charge >= 0.3 is 0 Å². The molecule has 0 saturated heterocycles. The van der Waals surface area contributed by atoms with E-state index in [9.17, 15) is 40.9 Å². The van der Waals surface area contributed by atoms with Gasteiger partial charge in [0.1, 0.15) is 28.7 Å². The number of nitrogens with two attached hydrogens (primary N) is 2. The lowest BCUT2D eigenvalue weighted by Crippen LogP contribution is -2.42. The van der Waals surface area contributed by atoms with Crippen LogP contribution in [0.5, 0.6) is 28.7 Å². The molecule has 10 rings (SSSR count). The maximum atomic E-state index is 11.0. The molecule has 14 N–H and O–H groups in total. The van der Waals surface area contributed by atoms with E-state index in [2.05, 4.69) is 27.7 Å². The number of rotatable bonds is 20. The minimum absolute atomic E-state index is 0.0246. The lowest BCUT2D eigenvalue weighted by molar-refractivity contribution is -0.0278. The molecule has 0 heterocycles. The minimum Gasteiger partial charge on any atom is -0.508 e. The van der Waals surface area contributed by atoms with Crippen molar-refractivity contribution in [3.63, 3.8) is 0 Å². The zero-order valence-corrected chi connectivity index (χ0v) is 56.1. The van der Waals surface area contributed by atoms with Gasteiger partial charge in [0.2, 0.25) is 0 Å². The summed E-state index contributed by atoms with van der Waals surface area (Å²) in [4.78, 5) is 2.13. The monoisotopic (exact) mass is 1260 g/mol. The SMILES string of the molecule is CN(C)C[C@@H](c1ccc(O)cc1)C1(O)CCCCC1.CNC[C@@H](c1ccc(O)cc1)C1(O)CCCCC1.CNC[C@@H](c1ccc(OC)cc1)C1(O)CCCCC1.COc1ccc([C@H](CN)C2(O)CCCCC2)cc1.NC[C@@H](c1ccc(O)cc1)C1(O)CCCCC1. The topological polar surface area (TPSA) is 260 Å². The van der Waals surface area contributed by atoms with Crippen LogP contribution in [0.25, 0.3) is 0 Å². The van der Waals surface area contributed by atoms with Crippen LogP contribution in [-0.4, -0.2) is 149 Å². The highest BCUT2D eigenvalue weighted by Crippen LogP contribution is 2.45. The zero-order valence-electron chi connectivity index (χ0n) is 56.1. The van der Waals surface area contributed by atoms with Gasteiger partial charge in [0.15, 0.2) is 0 Å². The van der Waals surface area contributed by atoms with Gasteiger partial charge in [-0.3, -0.25) is 0 Å². The van der Waals surface area contributed by atoms with Crippen molar-refractivity contribution in [2.45, 2.75) is 218 Å². The number of phenolic OH excluding ortho intramolecular Hbond substituents is 3. The van der Waals surface area contributed by atoms with Gasteiger partial charge in [0, 0.05) is 62.3 Å². The third-order valence-electron chi connectivity index (χ3n) is 20.6. The molecule has 0 aromatic heterocycles. The average molecular weight is 1260 g/mol. The van der Waals surface area contributed by atoms with Crippen LogP contribution in [0.4, 0.5) is 0 Å². The Balaban J connectivity index is 0.000000181. The second-order valence-corrected chi connectivity index (χ2v) is 27.3. The van der Waals surface area contributed by atoms with Crippen LogP contribution < -0.4 is 31.6 Å². The molecule has 15 heteroatoms. The minimum atomic E-state index is -0.663. The molecule has 0 aliphatic heterocycles. The molecule has 0 spiro atoms. The fourth-order valence-electron chi connectivity index (χ4n) is 15.3. The summed E-state index contributed by atoms with van der Waals surface area (Å²) in [6.45, 7) is 3.34. The fourth-order valence-corrected chi connectivity index (χ4v) is 15.3. The van der Waals surface area contributed by atoms with E-state index in [1.807, 2.05) is 101 Å². The van der Waals surface area contributed by atoms with E-state index < -0.39 is 28.0 Å². The summed E-state index contributed by atoms with van der Waals surface area (Å²) in [5, 5.41) is 88.9. The quantitative estimate of drug-likeness (QED) is 0.0346. The van der Waals surface area contributed by atoms with Gasteiger partial charge in [-0.25, -0.2) is 0 Å². The molecule has 5 atom stereocenters. The number of aliphatic hydroxyl groups is 5. The highest BCUT2D eigenvalue weighted by atomic mass is 16.5. The molecule has 0 radical (unpaired) electrons. The van der Waals surface area contributed by atoms with Gasteiger partial charge in [0.25, 0.3) is 0 Å². The Kier molecular flexibility index (Phi) is 30.4. The van der Waals surface area contributed by atoms with Crippen LogP contribution in [0, 0.1) is 0 Å². The molecule has 5 aromatic carbocycles. The number of ether oxygens (including phenoxy) is 2. The van der Waals surface area contributed by atoms with Crippen LogP contribution >= 0.6 is 0 Å². The van der Waals surface area contributed by atoms with Crippen molar-refractivity contribution in [1.82, 2.24) is 15.5 Å². The van der Waals surface area contributed by atoms with Crippen LogP contribution in [0.1, 0.15) is 218 Å². The molecule has 506 valence electrons. The number of nitrogens with zero attached hydrogens (tertiary/aromatic N) is 1. The van der Waals surface area contributed by atoms with Gasteiger partial charge in [-0.15, -0.1) is 0 Å². The largest absolute Gasteiger partial charge is 0.508 e. The van der Waals surface area contributed by atoms with Crippen molar-refractivity contribution in [3.8, 4) is 28.7 Å². The van der Waals surface area contributed by atoms with Crippen molar-refractivity contribution in [1.29, 1.82) is 0 Å². The molecule has 0 amide bonds. The Morgan fingerprint density at radius 2 is 0.560 bits per heavy atom. The molecule has 91 heavy (non-hydrogen) atoms. The molecule has 0 unspecified atom stereocenters. The number of likely N-dealkylation sites (N-methyl/N-ethyl adjacent to an activating group) is 3. The third kappa shape index (κ3) is 21.9. The first-order chi connectivity index (χ1) is 43.7. The highest BCUT2D eigenvalue weighted by Gasteiger charge is 2.42. The van der Waals surface area contributed by atoms with Crippen LogP contribution in [-0.2, 0) is 0 Å². The first kappa shape index (κ1) is 74.7. The molecule has 5 aromatic rings. The molecule has 15 nitrogen and oxygen atoms in total. The highest BCUT2D eigenvalue weighted by molar-refractivity contribution is 5.35. The third-order valence-corrected chi connectivity index (χ3v) is 20.6. The van der Waals surface area contributed by atoms with Crippen LogP contribution in [0.15, 0.2) is 121 Å². The summed E-state index contributed by atoms with van der Waals surface area (Å²) in [7, 11) is 11.3. The van der Waals surface area contributed by atoms with Crippen LogP contribution in [0.2, 0.25) is 0 Å². The molecule has 5 aliphatic rings. The number of phenols is 3. The summed E-state index contributed by atoms with van der Waals surface area (Å²) >= 11 is 0.